The minimum atomic E-state index is -0.567. The molecule has 1 fully saturated rings. The first kappa shape index (κ1) is 12.1. The van der Waals surface area contributed by atoms with E-state index in [0.717, 1.165) is 0 Å². The van der Waals surface area contributed by atoms with Crippen molar-refractivity contribution >= 4 is 40.5 Å². The maximum Gasteiger partial charge on any atom is 0.288 e. The van der Waals surface area contributed by atoms with Gasteiger partial charge in [-0.05, 0) is 12.1 Å². The van der Waals surface area contributed by atoms with Crippen LogP contribution in [0.15, 0.2) is 18.2 Å². The quantitative estimate of drug-likeness (QED) is 0.473. The molecule has 17 heavy (non-hydrogen) atoms. The van der Waals surface area contributed by atoms with Crippen LogP contribution in [0.1, 0.15) is 6.42 Å². The lowest BCUT2D eigenvalue weighted by molar-refractivity contribution is -0.384. The number of anilines is 1. The van der Waals surface area contributed by atoms with E-state index in [1.807, 2.05) is 0 Å². The van der Waals surface area contributed by atoms with Crippen molar-refractivity contribution < 1.29 is 9.72 Å². The van der Waals surface area contributed by atoms with Crippen molar-refractivity contribution in [3.8, 4) is 0 Å². The van der Waals surface area contributed by atoms with E-state index in [9.17, 15) is 14.9 Å². The number of amides is 1. The van der Waals surface area contributed by atoms with Crippen molar-refractivity contribution in [2.24, 2.45) is 0 Å². The molecule has 2 rings (SSSR count). The van der Waals surface area contributed by atoms with Crippen molar-refractivity contribution in [1.82, 2.24) is 0 Å². The van der Waals surface area contributed by atoms with Crippen LogP contribution in [0.3, 0.4) is 0 Å². The van der Waals surface area contributed by atoms with Gasteiger partial charge in [-0.15, -0.1) is 11.6 Å². The SMILES string of the molecule is O=C1CC(Cl)CN1c1ccc([N+](=O)[O-])c(Cl)c1. The predicted molar refractivity (Wildman–Crippen MR) is 64.7 cm³/mol. The Morgan fingerprint density at radius 1 is 1.47 bits per heavy atom. The number of carbonyl (C=O) groups excluding carboxylic acids is 1. The summed E-state index contributed by atoms with van der Waals surface area (Å²) in [4.78, 5) is 23.1. The molecule has 0 spiro atoms. The molecule has 5 nitrogen and oxygen atoms in total. The van der Waals surface area contributed by atoms with Crippen molar-refractivity contribution in [3.63, 3.8) is 0 Å². The zero-order valence-corrected chi connectivity index (χ0v) is 10.1. The maximum atomic E-state index is 11.6. The van der Waals surface area contributed by atoms with E-state index in [0.29, 0.717) is 12.2 Å². The number of halogens is 2. The minimum Gasteiger partial charge on any atom is -0.311 e. The second kappa shape index (κ2) is 4.50. The number of benzene rings is 1. The fraction of sp³-hybridized carbons (Fsp3) is 0.300. The van der Waals surface area contributed by atoms with Crippen LogP contribution < -0.4 is 4.90 Å². The molecule has 90 valence electrons. The van der Waals surface area contributed by atoms with Crippen LogP contribution in [0, 0.1) is 10.1 Å². The lowest BCUT2D eigenvalue weighted by atomic mass is 10.2. The molecule has 1 atom stereocenters. The molecule has 1 aromatic carbocycles. The fourth-order valence-corrected chi connectivity index (χ4v) is 2.24. The molecule has 1 aromatic rings. The monoisotopic (exact) mass is 274 g/mol. The third-order valence-corrected chi connectivity index (χ3v) is 3.11. The fourth-order valence-electron chi connectivity index (χ4n) is 1.73. The number of nitro groups is 1. The van der Waals surface area contributed by atoms with Gasteiger partial charge in [-0.25, -0.2) is 0 Å². The third-order valence-electron chi connectivity index (χ3n) is 2.52. The lowest BCUT2D eigenvalue weighted by Crippen LogP contribution is -2.24. The maximum absolute atomic E-state index is 11.6. The number of carbonyl (C=O) groups is 1. The number of hydrogen-bond donors (Lipinski definition) is 0. The molecule has 0 N–H and O–H groups in total. The molecule has 0 bridgehead atoms. The summed E-state index contributed by atoms with van der Waals surface area (Å²) < 4.78 is 0. The Balaban J connectivity index is 2.32. The predicted octanol–water partition coefficient (Wildman–Crippen LogP) is 2.59. The first-order valence-electron chi connectivity index (χ1n) is 4.87. The van der Waals surface area contributed by atoms with Gasteiger partial charge in [0.05, 0.1) is 10.3 Å². The molecule has 1 unspecified atom stereocenters. The van der Waals surface area contributed by atoms with E-state index >= 15 is 0 Å². The molecule has 7 heteroatoms. The van der Waals surface area contributed by atoms with Crippen molar-refractivity contribution in [3.05, 3.63) is 33.3 Å². The molecule has 1 aliphatic rings. The van der Waals surface area contributed by atoms with Crippen molar-refractivity contribution in [2.45, 2.75) is 11.8 Å². The number of rotatable bonds is 2. The van der Waals surface area contributed by atoms with Gasteiger partial charge in [-0.2, -0.15) is 0 Å². The molecule has 1 saturated heterocycles. The van der Waals surface area contributed by atoms with Gasteiger partial charge in [0.1, 0.15) is 5.02 Å². The van der Waals surface area contributed by atoms with E-state index < -0.39 is 4.92 Å². The van der Waals surface area contributed by atoms with Crippen LogP contribution in [0.25, 0.3) is 0 Å². The Kier molecular flexibility index (Phi) is 3.22. The molecule has 1 amide bonds. The van der Waals surface area contributed by atoms with Crippen molar-refractivity contribution in [1.29, 1.82) is 0 Å². The summed E-state index contributed by atoms with van der Waals surface area (Å²) in [6.07, 6.45) is 0.274. The van der Waals surface area contributed by atoms with Gasteiger partial charge in [-0.3, -0.25) is 14.9 Å². The zero-order chi connectivity index (χ0) is 12.6. The molecular weight excluding hydrogens is 267 g/mol. The summed E-state index contributed by atoms with van der Waals surface area (Å²) in [5, 5.41) is 10.4. The van der Waals surface area contributed by atoms with Gasteiger partial charge in [-0.1, -0.05) is 11.6 Å². The molecule has 0 aliphatic carbocycles. The van der Waals surface area contributed by atoms with Crippen LogP contribution in [0.5, 0.6) is 0 Å². The molecule has 0 saturated carbocycles. The van der Waals surface area contributed by atoms with E-state index in [1.54, 1.807) is 0 Å². The second-order valence-corrected chi connectivity index (χ2v) is 4.72. The van der Waals surface area contributed by atoms with E-state index in [1.165, 1.54) is 23.1 Å². The molecule has 1 aliphatic heterocycles. The first-order chi connectivity index (χ1) is 7.99. The minimum absolute atomic E-state index is 0.0123. The Morgan fingerprint density at radius 2 is 2.18 bits per heavy atom. The first-order valence-corrected chi connectivity index (χ1v) is 5.69. The average molecular weight is 275 g/mol. The smallest absolute Gasteiger partial charge is 0.288 e. The zero-order valence-electron chi connectivity index (χ0n) is 8.60. The molecule has 0 radical (unpaired) electrons. The number of hydrogen-bond acceptors (Lipinski definition) is 3. The highest BCUT2D eigenvalue weighted by atomic mass is 35.5. The van der Waals surface area contributed by atoms with Crippen LogP contribution in [-0.2, 0) is 4.79 Å². The standard InChI is InChI=1S/C10H8Cl2N2O3/c11-6-3-10(15)13(5-6)7-1-2-9(14(16)17)8(12)4-7/h1-2,4,6H,3,5H2. The highest BCUT2D eigenvalue weighted by molar-refractivity contribution is 6.33. The summed E-state index contributed by atoms with van der Waals surface area (Å²) in [5.41, 5.74) is 0.359. The van der Waals surface area contributed by atoms with Gasteiger partial charge in [0.15, 0.2) is 0 Å². The highest BCUT2D eigenvalue weighted by Gasteiger charge is 2.29. The Labute approximate surface area is 107 Å². The highest BCUT2D eigenvalue weighted by Crippen LogP contribution is 2.31. The van der Waals surface area contributed by atoms with Crippen molar-refractivity contribution in [2.75, 3.05) is 11.4 Å². The lowest BCUT2D eigenvalue weighted by Gasteiger charge is -2.15. The Hall–Kier alpha value is -1.33. The van der Waals surface area contributed by atoms with E-state index in [4.69, 9.17) is 23.2 Å². The molecule has 1 heterocycles. The molecular formula is C10H8Cl2N2O3. The third kappa shape index (κ3) is 2.35. The van der Waals surface area contributed by atoms with Gasteiger partial charge in [0, 0.05) is 24.7 Å². The summed E-state index contributed by atoms with van der Waals surface area (Å²) in [5.74, 6) is -0.102. The van der Waals surface area contributed by atoms with Gasteiger partial charge >= 0.3 is 0 Å². The Morgan fingerprint density at radius 3 is 2.65 bits per heavy atom. The van der Waals surface area contributed by atoms with Crippen LogP contribution in [-0.4, -0.2) is 22.8 Å². The normalized spacial score (nSPS) is 19.8. The summed E-state index contributed by atoms with van der Waals surface area (Å²) in [6.45, 7) is 0.397. The summed E-state index contributed by atoms with van der Waals surface area (Å²) >= 11 is 11.6. The number of nitrogens with zero attached hydrogens (tertiary/aromatic N) is 2. The van der Waals surface area contributed by atoms with E-state index in [2.05, 4.69) is 0 Å². The van der Waals surface area contributed by atoms with Crippen LogP contribution in [0.4, 0.5) is 11.4 Å². The van der Waals surface area contributed by atoms with Gasteiger partial charge in [0.25, 0.3) is 5.69 Å². The Bertz CT molecular complexity index is 492. The van der Waals surface area contributed by atoms with Crippen LogP contribution in [0.2, 0.25) is 5.02 Å². The largest absolute Gasteiger partial charge is 0.311 e. The topological polar surface area (TPSA) is 63.5 Å². The van der Waals surface area contributed by atoms with Gasteiger partial charge < -0.3 is 4.90 Å². The van der Waals surface area contributed by atoms with E-state index in [-0.39, 0.29) is 28.4 Å². The molecule has 0 aromatic heterocycles. The number of alkyl halides is 1. The van der Waals surface area contributed by atoms with Crippen LogP contribution >= 0.6 is 23.2 Å². The average Bonchev–Trinajstić information content (AvgIpc) is 2.57. The second-order valence-electron chi connectivity index (χ2n) is 3.70. The summed E-state index contributed by atoms with van der Waals surface area (Å²) in [7, 11) is 0. The summed E-state index contributed by atoms with van der Waals surface area (Å²) in [6, 6.07) is 4.19. The number of nitro benzene ring substituents is 1. The van der Waals surface area contributed by atoms with Gasteiger partial charge in [0.2, 0.25) is 5.91 Å².